The van der Waals surface area contributed by atoms with Crippen LogP contribution in [0.4, 0.5) is 0 Å². The highest BCUT2D eigenvalue weighted by atomic mass is 35.5. The number of aromatic amines is 1. The van der Waals surface area contributed by atoms with E-state index in [0.717, 1.165) is 33.0 Å². The SMILES string of the molecule is O=C1NC(SCc2ccc(Cl)cc2)=NN2C1=c1ccccc1=NC2c1cn[nH]c1-c1ccccc1. The van der Waals surface area contributed by atoms with Crippen LogP contribution in [-0.2, 0) is 10.5 Å². The average molecular weight is 499 g/mol. The summed E-state index contributed by atoms with van der Waals surface area (Å²) in [6.45, 7) is 0. The van der Waals surface area contributed by atoms with Gasteiger partial charge in [0.15, 0.2) is 11.3 Å². The highest BCUT2D eigenvalue weighted by molar-refractivity contribution is 8.13. The number of H-pyrrole nitrogens is 1. The summed E-state index contributed by atoms with van der Waals surface area (Å²) in [5, 5.41) is 19.6. The monoisotopic (exact) mass is 498 g/mol. The molecule has 3 heterocycles. The van der Waals surface area contributed by atoms with Crippen LogP contribution in [0, 0.1) is 0 Å². The first-order valence-electron chi connectivity index (χ1n) is 11.0. The van der Waals surface area contributed by atoms with Gasteiger partial charge in [0, 0.05) is 21.6 Å². The van der Waals surface area contributed by atoms with Gasteiger partial charge in [-0.15, -0.1) is 5.10 Å². The molecule has 7 nitrogen and oxygen atoms in total. The van der Waals surface area contributed by atoms with Crippen LogP contribution >= 0.6 is 23.4 Å². The first kappa shape index (κ1) is 21.6. The van der Waals surface area contributed by atoms with Gasteiger partial charge in [-0.2, -0.15) is 5.10 Å². The van der Waals surface area contributed by atoms with Crippen LogP contribution in [0.5, 0.6) is 0 Å². The fourth-order valence-corrected chi connectivity index (χ4v) is 5.09. The zero-order chi connectivity index (χ0) is 23.8. The molecule has 1 aromatic heterocycles. The number of rotatable bonds is 4. The summed E-state index contributed by atoms with van der Waals surface area (Å²) in [4.78, 5) is 18.4. The summed E-state index contributed by atoms with van der Waals surface area (Å²) >= 11 is 7.46. The van der Waals surface area contributed by atoms with Crippen molar-refractivity contribution in [3.8, 4) is 11.3 Å². The van der Waals surface area contributed by atoms with Crippen LogP contribution in [0.2, 0.25) is 5.02 Å². The highest BCUT2D eigenvalue weighted by Crippen LogP contribution is 2.35. The van der Waals surface area contributed by atoms with E-state index in [4.69, 9.17) is 21.7 Å². The molecule has 2 N–H and O–H groups in total. The van der Waals surface area contributed by atoms with Crippen molar-refractivity contribution in [3.63, 3.8) is 0 Å². The second-order valence-corrected chi connectivity index (χ2v) is 9.45. The van der Waals surface area contributed by atoms with Crippen molar-refractivity contribution < 1.29 is 4.79 Å². The number of aromatic nitrogens is 2. The molecule has 4 aromatic rings. The number of carbonyl (C=O) groups is 1. The third-order valence-corrected chi connectivity index (χ3v) is 7.00. The Balaban J connectivity index is 1.43. The van der Waals surface area contributed by atoms with E-state index in [1.54, 1.807) is 11.2 Å². The van der Waals surface area contributed by atoms with Crippen LogP contribution in [-0.4, -0.2) is 26.3 Å². The van der Waals surface area contributed by atoms with E-state index in [0.29, 0.717) is 21.6 Å². The van der Waals surface area contributed by atoms with Gasteiger partial charge in [-0.1, -0.05) is 84.0 Å². The molecule has 0 saturated heterocycles. The molecule has 1 atom stereocenters. The fourth-order valence-electron chi connectivity index (χ4n) is 4.15. The lowest BCUT2D eigenvalue weighted by atomic mass is 10.0. The average Bonchev–Trinajstić information content (AvgIpc) is 3.38. The molecule has 1 amide bonds. The number of halogens is 1. The van der Waals surface area contributed by atoms with Gasteiger partial charge in [-0.3, -0.25) is 20.2 Å². The largest absolute Gasteiger partial charge is 0.298 e. The number of thioether (sulfide) groups is 1. The summed E-state index contributed by atoms with van der Waals surface area (Å²) in [5.74, 6) is 0.425. The van der Waals surface area contributed by atoms with Gasteiger partial charge in [-0.05, 0) is 29.3 Å². The number of carbonyl (C=O) groups excluding carboxylic acids is 1. The van der Waals surface area contributed by atoms with E-state index >= 15 is 0 Å². The third-order valence-electron chi connectivity index (χ3n) is 5.81. The molecule has 0 saturated carbocycles. The number of fused-ring (bicyclic) bond motifs is 2. The first-order chi connectivity index (χ1) is 17.2. The third kappa shape index (κ3) is 4.11. The molecule has 0 aliphatic carbocycles. The Morgan fingerprint density at radius 2 is 1.74 bits per heavy atom. The number of amides is 1. The highest BCUT2D eigenvalue weighted by Gasteiger charge is 2.36. The molecule has 0 radical (unpaired) electrons. The van der Waals surface area contributed by atoms with E-state index in [-0.39, 0.29) is 5.91 Å². The quantitative estimate of drug-likeness (QED) is 0.448. The van der Waals surface area contributed by atoms with Crippen molar-refractivity contribution in [2.24, 2.45) is 10.1 Å². The molecule has 0 bridgehead atoms. The lowest BCUT2D eigenvalue weighted by molar-refractivity contribution is -0.116. The molecule has 35 heavy (non-hydrogen) atoms. The van der Waals surface area contributed by atoms with E-state index in [2.05, 4.69) is 15.5 Å². The molecule has 0 fully saturated rings. The molecule has 172 valence electrons. The van der Waals surface area contributed by atoms with Crippen LogP contribution in [0.15, 0.2) is 95.2 Å². The van der Waals surface area contributed by atoms with E-state index in [1.807, 2.05) is 78.9 Å². The van der Waals surface area contributed by atoms with Crippen molar-refractivity contribution in [1.82, 2.24) is 20.5 Å². The Hall–Kier alpha value is -3.88. The Morgan fingerprint density at radius 1 is 0.971 bits per heavy atom. The van der Waals surface area contributed by atoms with Crippen molar-refractivity contribution in [3.05, 3.63) is 112 Å². The summed E-state index contributed by atoms with van der Waals surface area (Å²) in [7, 11) is 0. The lowest BCUT2D eigenvalue weighted by Gasteiger charge is -2.33. The summed E-state index contributed by atoms with van der Waals surface area (Å²) < 4.78 is 0. The second-order valence-electron chi connectivity index (χ2n) is 8.05. The Morgan fingerprint density at radius 3 is 2.57 bits per heavy atom. The van der Waals surface area contributed by atoms with Crippen LogP contribution in [0.25, 0.3) is 17.0 Å². The number of hydrazone groups is 1. The second kappa shape index (κ2) is 9.05. The minimum atomic E-state index is -0.550. The molecule has 2 aliphatic rings. The number of hydrogen-bond acceptors (Lipinski definition) is 6. The number of amidine groups is 1. The maximum atomic E-state index is 13.4. The summed E-state index contributed by atoms with van der Waals surface area (Å²) in [6, 6.07) is 25.2. The van der Waals surface area contributed by atoms with E-state index in [9.17, 15) is 4.79 Å². The number of nitrogens with one attached hydrogen (secondary N) is 2. The van der Waals surface area contributed by atoms with Crippen molar-refractivity contribution in [2.75, 3.05) is 0 Å². The topological polar surface area (TPSA) is 85.7 Å². The summed E-state index contributed by atoms with van der Waals surface area (Å²) in [5.41, 5.74) is 4.21. The molecular weight excluding hydrogens is 480 g/mol. The molecule has 1 unspecified atom stereocenters. The van der Waals surface area contributed by atoms with Gasteiger partial charge in [0.2, 0.25) is 0 Å². The minimum absolute atomic E-state index is 0.212. The molecule has 0 spiro atoms. The van der Waals surface area contributed by atoms with E-state index in [1.165, 1.54) is 11.8 Å². The van der Waals surface area contributed by atoms with Gasteiger partial charge in [0.1, 0.15) is 5.70 Å². The molecule has 9 heteroatoms. The smallest absolute Gasteiger partial charge is 0.276 e. The Kier molecular flexibility index (Phi) is 5.60. The van der Waals surface area contributed by atoms with Gasteiger partial charge < -0.3 is 0 Å². The maximum Gasteiger partial charge on any atom is 0.276 e. The number of hydrogen-bond donors (Lipinski definition) is 2. The molecule has 6 rings (SSSR count). The lowest BCUT2D eigenvalue weighted by Crippen LogP contribution is -2.50. The normalized spacial score (nSPS) is 16.7. The van der Waals surface area contributed by atoms with Gasteiger partial charge in [-0.25, -0.2) is 5.01 Å². The molecule has 2 aliphatic heterocycles. The van der Waals surface area contributed by atoms with Gasteiger partial charge >= 0.3 is 0 Å². The van der Waals surface area contributed by atoms with Crippen LogP contribution < -0.4 is 15.9 Å². The summed E-state index contributed by atoms with van der Waals surface area (Å²) in [6.07, 6.45) is 1.20. The van der Waals surface area contributed by atoms with Crippen molar-refractivity contribution in [2.45, 2.75) is 11.9 Å². The van der Waals surface area contributed by atoms with Gasteiger partial charge in [0.05, 0.1) is 17.2 Å². The van der Waals surface area contributed by atoms with E-state index < -0.39 is 6.17 Å². The number of para-hydroxylation sites is 1. The fraction of sp³-hybridized carbons (Fsp3) is 0.0769. The van der Waals surface area contributed by atoms with Crippen LogP contribution in [0.3, 0.4) is 0 Å². The van der Waals surface area contributed by atoms with Gasteiger partial charge in [0.25, 0.3) is 5.91 Å². The first-order valence-corrected chi connectivity index (χ1v) is 12.4. The Bertz CT molecular complexity index is 1570. The standard InChI is InChI=1S/C26H19ClN6OS/c27-18-12-10-16(11-13-18)15-35-26-30-25(34)23-19-8-4-5-9-21(19)29-24(33(23)32-26)20-14-28-31-22(20)17-6-2-1-3-7-17/h1-14,24H,15H2,(H,28,31)(H,30,32,34). The molecule has 3 aromatic carbocycles. The zero-order valence-electron chi connectivity index (χ0n) is 18.4. The van der Waals surface area contributed by atoms with Crippen molar-refractivity contribution in [1.29, 1.82) is 0 Å². The maximum absolute atomic E-state index is 13.4. The zero-order valence-corrected chi connectivity index (χ0v) is 19.9. The van der Waals surface area contributed by atoms with Crippen molar-refractivity contribution >= 4 is 40.1 Å². The minimum Gasteiger partial charge on any atom is -0.298 e. The molecular formula is C26H19ClN6OS. The predicted octanol–water partition coefficient (Wildman–Crippen LogP) is 3.81. The predicted molar refractivity (Wildman–Crippen MR) is 138 cm³/mol. The number of benzene rings is 3. The Labute approximate surface area is 210 Å². The number of nitrogens with zero attached hydrogens (tertiary/aromatic N) is 4. The van der Waals surface area contributed by atoms with Crippen LogP contribution in [0.1, 0.15) is 17.3 Å².